The zero-order chi connectivity index (χ0) is 11.7. The SMILES string of the molecule is COc1ccc2c(c1)C=C(OC(C)=O)C2C. The Morgan fingerprint density at radius 2 is 2.12 bits per heavy atom. The predicted molar refractivity (Wildman–Crippen MR) is 61.2 cm³/mol. The minimum atomic E-state index is -0.280. The molecule has 1 aliphatic carbocycles. The summed E-state index contributed by atoms with van der Waals surface area (Å²) in [5, 5.41) is 0. The van der Waals surface area contributed by atoms with Crippen molar-refractivity contribution < 1.29 is 14.3 Å². The van der Waals surface area contributed by atoms with Crippen molar-refractivity contribution in [2.75, 3.05) is 7.11 Å². The lowest BCUT2D eigenvalue weighted by Crippen LogP contribution is -2.02. The third kappa shape index (κ3) is 1.81. The van der Waals surface area contributed by atoms with Crippen LogP contribution in [-0.4, -0.2) is 13.1 Å². The molecule has 0 fully saturated rings. The average molecular weight is 218 g/mol. The Labute approximate surface area is 94.7 Å². The standard InChI is InChI=1S/C13H14O3/c1-8-12-5-4-11(15-3)6-10(12)7-13(8)16-9(2)14/h4-8H,1-3H3. The molecule has 16 heavy (non-hydrogen) atoms. The van der Waals surface area contributed by atoms with E-state index in [0.717, 1.165) is 16.9 Å². The predicted octanol–water partition coefficient (Wildman–Crippen LogP) is 2.72. The van der Waals surface area contributed by atoms with Gasteiger partial charge in [0.05, 0.1) is 7.11 Å². The largest absolute Gasteiger partial charge is 0.497 e. The molecular weight excluding hydrogens is 204 g/mol. The van der Waals surface area contributed by atoms with Crippen molar-refractivity contribution in [1.82, 2.24) is 0 Å². The highest BCUT2D eigenvalue weighted by atomic mass is 16.5. The van der Waals surface area contributed by atoms with E-state index in [2.05, 4.69) is 0 Å². The van der Waals surface area contributed by atoms with Crippen LogP contribution < -0.4 is 4.74 Å². The first-order valence-electron chi connectivity index (χ1n) is 5.19. The van der Waals surface area contributed by atoms with Gasteiger partial charge in [-0.25, -0.2) is 0 Å². The molecule has 1 atom stereocenters. The summed E-state index contributed by atoms with van der Waals surface area (Å²) in [6.45, 7) is 3.43. The van der Waals surface area contributed by atoms with Gasteiger partial charge in [0, 0.05) is 12.8 Å². The summed E-state index contributed by atoms with van der Waals surface area (Å²) in [4.78, 5) is 10.9. The molecule has 0 N–H and O–H groups in total. The second-order valence-electron chi connectivity index (χ2n) is 3.86. The van der Waals surface area contributed by atoms with Crippen molar-refractivity contribution in [3.05, 3.63) is 35.1 Å². The molecule has 1 aliphatic rings. The summed E-state index contributed by atoms with van der Waals surface area (Å²) in [6.07, 6.45) is 1.89. The number of rotatable bonds is 2. The van der Waals surface area contributed by atoms with Gasteiger partial charge in [0.1, 0.15) is 11.5 Å². The van der Waals surface area contributed by atoms with Gasteiger partial charge in [-0.3, -0.25) is 4.79 Å². The number of carbonyl (C=O) groups excluding carboxylic acids is 1. The lowest BCUT2D eigenvalue weighted by molar-refractivity contribution is -0.137. The second kappa shape index (κ2) is 4.00. The lowest BCUT2D eigenvalue weighted by atomic mass is 10.0. The quantitative estimate of drug-likeness (QED) is 0.716. The van der Waals surface area contributed by atoms with Crippen LogP contribution in [0.4, 0.5) is 0 Å². The van der Waals surface area contributed by atoms with Crippen molar-refractivity contribution in [2.24, 2.45) is 0 Å². The number of benzene rings is 1. The summed E-state index contributed by atoms with van der Waals surface area (Å²) in [6, 6.07) is 5.87. The van der Waals surface area contributed by atoms with E-state index in [1.54, 1.807) is 7.11 Å². The van der Waals surface area contributed by atoms with Crippen LogP contribution in [0.2, 0.25) is 0 Å². The van der Waals surface area contributed by atoms with Gasteiger partial charge in [0.15, 0.2) is 0 Å². The smallest absolute Gasteiger partial charge is 0.307 e. The number of fused-ring (bicyclic) bond motifs is 1. The fourth-order valence-electron chi connectivity index (χ4n) is 1.91. The molecule has 2 rings (SSSR count). The first kappa shape index (κ1) is 10.7. The van der Waals surface area contributed by atoms with Gasteiger partial charge in [-0.05, 0) is 29.3 Å². The molecule has 0 saturated heterocycles. The minimum absolute atomic E-state index is 0.129. The van der Waals surface area contributed by atoms with E-state index in [1.165, 1.54) is 6.92 Å². The lowest BCUT2D eigenvalue weighted by Gasteiger charge is -2.10. The fourth-order valence-corrected chi connectivity index (χ4v) is 1.91. The summed E-state index contributed by atoms with van der Waals surface area (Å²) >= 11 is 0. The van der Waals surface area contributed by atoms with E-state index in [1.807, 2.05) is 31.2 Å². The minimum Gasteiger partial charge on any atom is -0.497 e. The molecule has 1 aromatic rings. The van der Waals surface area contributed by atoms with Crippen LogP contribution >= 0.6 is 0 Å². The Balaban J connectivity index is 2.34. The van der Waals surface area contributed by atoms with Crippen molar-refractivity contribution in [2.45, 2.75) is 19.8 Å². The number of hydrogen-bond acceptors (Lipinski definition) is 3. The van der Waals surface area contributed by atoms with Crippen LogP contribution in [0.25, 0.3) is 6.08 Å². The molecule has 0 heterocycles. The third-order valence-corrected chi connectivity index (χ3v) is 2.75. The number of ether oxygens (including phenoxy) is 2. The third-order valence-electron chi connectivity index (χ3n) is 2.75. The number of carbonyl (C=O) groups is 1. The van der Waals surface area contributed by atoms with Crippen molar-refractivity contribution >= 4 is 12.0 Å². The molecule has 1 unspecified atom stereocenters. The maximum absolute atomic E-state index is 10.9. The van der Waals surface area contributed by atoms with Gasteiger partial charge in [0.25, 0.3) is 0 Å². The first-order valence-corrected chi connectivity index (χ1v) is 5.19. The Kier molecular flexibility index (Phi) is 2.69. The van der Waals surface area contributed by atoms with Crippen molar-refractivity contribution in [3.8, 4) is 5.75 Å². The maximum atomic E-state index is 10.9. The van der Waals surface area contributed by atoms with Gasteiger partial charge in [0.2, 0.25) is 0 Å². The molecular formula is C13H14O3. The molecule has 0 spiro atoms. The fraction of sp³-hybridized carbons (Fsp3) is 0.308. The number of methoxy groups -OCH3 is 1. The van der Waals surface area contributed by atoms with E-state index in [9.17, 15) is 4.79 Å². The molecule has 3 nitrogen and oxygen atoms in total. The highest BCUT2D eigenvalue weighted by Gasteiger charge is 2.23. The Hall–Kier alpha value is -1.77. The zero-order valence-corrected chi connectivity index (χ0v) is 9.61. The topological polar surface area (TPSA) is 35.5 Å². The Morgan fingerprint density at radius 1 is 1.38 bits per heavy atom. The van der Waals surface area contributed by atoms with Gasteiger partial charge in [-0.1, -0.05) is 13.0 Å². The van der Waals surface area contributed by atoms with Crippen LogP contribution in [0.15, 0.2) is 24.0 Å². The van der Waals surface area contributed by atoms with E-state index in [4.69, 9.17) is 9.47 Å². The van der Waals surface area contributed by atoms with Gasteiger partial charge in [-0.15, -0.1) is 0 Å². The van der Waals surface area contributed by atoms with E-state index >= 15 is 0 Å². The first-order chi connectivity index (χ1) is 7.61. The van der Waals surface area contributed by atoms with E-state index in [0.29, 0.717) is 5.76 Å². The Bertz CT molecular complexity index is 460. The molecule has 84 valence electrons. The summed E-state index contributed by atoms with van der Waals surface area (Å²) < 4.78 is 10.3. The monoisotopic (exact) mass is 218 g/mol. The van der Waals surface area contributed by atoms with E-state index < -0.39 is 0 Å². The van der Waals surface area contributed by atoms with E-state index in [-0.39, 0.29) is 11.9 Å². The molecule has 0 amide bonds. The van der Waals surface area contributed by atoms with Crippen LogP contribution in [0.3, 0.4) is 0 Å². The van der Waals surface area contributed by atoms with Gasteiger partial charge in [-0.2, -0.15) is 0 Å². The summed E-state index contributed by atoms with van der Waals surface area (Å²) in [7, 11) is 1.64. The molecule has 3 heteroatoms. The molecule has 0 bridgehead atoms. The number of hydrogen-bond donors (Lipinski definition) is 0. The highest BCUT2D eigenvalue weighted by Crippen LogP contribution is 2.37. The molecule has 0 saturated carbocycles. The zero-order valence-electron chi connectivity index (χ0n) is 9.61. The van der Waals surface area contributed by atoms with Crippen LogP contribution in [0.5, 0.6) is 5.75 Å². The van der Waals surface area contributed by atoms with Crippen LogP contribution in [-0.2, 0) is 9.53 Å². The normalized spacial score (nSPS) is 17.7. The van der Waals surface area contributed by atoms with Crippen molar-refractivity contribution in [1.29, 1.82) is 0 Å². The Morgan fingerprint density at radius 3 is 2.75 bits per heavy atom. The van der Waals surface area contributed by atoms with Crippen LogP contribution in [0.1, 0.15) is 30.9 Å². The number of esters is 1. The molecule has 0 aliphatic heterocycles. The molecule has 0 radical (unpaired) electrons. The number of allylic oxidation sites excluding steroid dienone is 1. The van der Waals surface area contributed by atoms with Gasteiger partial charge >= 0.3 is 5.97 Å². The highest BCUT2D eigenvalue weighted by molar-refractivity contribution is 5.73. The molecule has 1 aromatic carbocycles. The summed E-state index contributed by atoms with van der Waals surface area (Å²) in [5.74, 6) is 1.37. The average Bonchev–Trinajstić information content (AvgIpc) is 2.54. The van der Waals surface area contributed by atoms with Crippen LogP contribution in [0, 0.1) is 0 Å². The maximum Gasteiger partial charge on any atom is 0.307 e. The summed E-state index contributed by atoms with van der Waals surface area (Å²) in [5.41, 5.74) is 2.22. The second-order valence-corrected chi connectivity index (χ2v) is 3.86. The van der Waals surface area contributed by atoms with Gasteiger partial charge < -0.3 is 9.47 Å². The van der Waals surface area contributed by atoms with Crippen molar-refractivity contribution in [3.63, 3.8) is 0 Å². The molecule has 0 aromatic heterocycles.